The van der Waals surface area contributed by atoms with Crippen LogP contribution >= 0.6 is 23.4 Å². The van der Waals surface area contributed by atoms with Gasteiger partial charge in [0.2, 0.25) is 0 Å². The summed E-state index contributed by atoms with van der Waals surface area (Å²) in [6.45, 7) is 0.850. The highest BCUT2D eigenvalue weighted by Gasteiger charge is 2.40. The van der Waals surface area contributed by atoms with Gasteiger partial charge >= 0.3 is 0 Å². The fourth-order valence-corrected chi connectivity index (χ4v) is 4.57. The minimum atomic E-state index is 0.108. The molecule has 2 aliphatic heterocycles. The van der Waals surface area contributed by atoms with Crippen LogP contribution < -0.4 is 10.1 Å². The minimum Gasteiger partial charge on any atom is -0.495 e. The van der Waals surface area contributed by atoms with Crippen molar-refractivity contribution >= 4 is 29.1 Å². The van der Waals surface area contributed by atoms with E-state index < -0.39 is 0 Å². The number of methoxy groups -OCH3 is 1. The van der Waals surface area contributed by atoms with E-state index in [4.69, 9.17) is 21.1 Å². The van der Waals surface area contributed by atoms with Crippen LogP contribution in [0.3, 0.4) is 0 Å². The number of halogens is 1. The molecule has 2 saturated heterocycles. The molecule has 1 N–H and O–H groups in total. The Morgan fingerprint density at radius 3 is 3.15 bits per heavy atom. The third kappa shape index (κ3) is 3.02. The fraction of sp³-hybridized carbons (Fsp3) is 0.600. The smallest absolute Gasteiger partial charge is 0.139 e. The highest BCUT2D eigenvalue weighted by Crippen LogP contribution is 2.39. The van der Waals surface area contributed by atoms with Crippen LogP contribution in [0.15, 0.2) is 18.2 Å². The normalized spacial score (nSPS) is 29.6. The molecular weight excluding hydrogens is 294 g/mol. The number of thioether (sulfide) groups is 1. The first-order valence-electron chi connectivity index (χ1n) is 7.03. The van der Waals surface area contributed by atoms with Crippen molar-refractivity contribution in [3.8, 4) is 5.75 Å². The van der Waals surface area contributed by atoms with Gasteiger partial charge in [-0.25, -0.2) is 0 Å². The van der Waals surface area contributed by atoms with Gasteiger partial charge in [0.05, 0.1) is 17.7 Å². The Bertz CT molecular complexity index is 477. The van der Waals surface area contributed by atoms with Crippen LogP contribution in [0.2, 0.25) is 5.02 Å². The van der Waals surface area contributed by atoms with Crippen molar-refractivity contribution in [3.63, 3.8) is 0 Å². The van der Waals surface area contributed by atoms with Crippen molar-refractivity contribution in [2.24, 2.45) is 0 Å². The lowest BCUT2D eigenvalue weighted by Gasteiger charge is -2.38. The van der Waals surface area contributed by atoms with Gasteiger partial charge in [-0.2, -0.15) is 11.8 Å². The van der Waals surface area contributed by atoms with Gasteiger partial charge in [0, 0.05) is 30.2 Å². The topological polar surface area (TPSA) is 30.5 Å². The molecule has 2 heterocycles. The summed E-state index contributed by atoms with van der Waals surface area (Å²) in [5.41, 5.74) is 1.18. The molecule has 3 rings (SSSR count). The van der Waals surface area contributed by atoms with E-state index in [0.29, 0.717) is 11.1 Å². The number of hydrogen-bond acceptors (Lipinski definition) is 4. The van der Waals surface area contributed by atoms with Gasteiger partial charge in [-0.3, -0.25) is 0 Å². The van der Waals surface area contributed by atoms with E-state index in [-0.39, 0.29) is 5.60 Å². The van der Waals surface area contributed by atoms with Gasteiger partial charge in [0.25, 0.3) is 0 Å². The van der Waals surface area contributed by atoms with E-state index >= 15 is 0 Å². The lowest BCUT2D eigenvalue weighted by Crippen LogP contribution is -2.44. The zero-order valence-corrected chi connectivity index (χ0v) is 13.2. The van der Waals surface area contributed by atoms with Crippen LogP contribution in [0, 0.1) is 0 Å². The second kappa shape index (κ2) is 6.04. The summed E-state index contributed by atoms with van der Waals surface area (Å²) in [6.07, 6.45) is 3.32. The Morgan fingerprint density at radius 2 is 2.40 bits per heavy atom. The van der Waals surface area contributed by atoms with Crippen molar-refractivity contribution in [2.45, 2.75) is 30.9 Å². The van der Waals surface area contributed by atoms with E-state index in [0.717, 1.165) is 36.6 Å². The molecule has 1 spiro atoms. The summed E-state index contributed by atoms with van der Waals surface area (Å²) in [5.74, 6) is 3.08. The maximum Gasteiger partial charge on any atom is 0.139 e. The molecule has 1 aromatic carbocycles. The second-order valence-corrected chi connectivity index (χ2v) is 7.03. The Balaban J connectivity index is 1.68. The van der Waals surface area contributed by atoms with Crippen molar-refractivity contribution in [1.82, 2.24) is 0 Å². The van der Waals surface area contributed by atoms with E-state index in [9.17, 15) is 0 Å². The monoisotopic (exact) mass is 313 g/mol. The average molecular weight is 314 g/mol. The largest absolute Gasteiger partial charge is 0.495 e. The molecular formula is C15H20ClNO2S. The Labute approximate surface area is 129 Å². The summed E-state index contributed by atoms with van der Waals surface area (Å²) in [5, 5.41) is 4.25. The second-order valence-electron chi connectivity index (χ2n) is 5.52. The fourth-order valence-electron chi connectivity index (χ4n) is 3.00. The lowest BCUT2D eigenvalue weighted by molar-refractivity contribution is -0.0628. The van der Waals surface area contributed by atoms with Crippen LogP contribution in [-0.4, -0.2) is 36.9 Å². The standard InChI is InChI=1S/C15H20ClNO2S/c1-18-14-8-11(2-3-13(14)16)17-12-4-6-19-15(9-12)5-7-20-10-15/h2-3,8,12,17H,4-7,9-10H2,1H3. The maximum absolute atomic E-state index is 6.06. The molecule has 2 atom stereocenters. The number of benzene rings is 1. The van der Waals surface area contributed by atoms with Gasteiger partial charge in [0.15, 0.2) is 0 Å². The van der Waals surface area contributed by atoms with Crippen molar-refractivity contribution in [1.29, 1.82) is 0 Å². The van der Waals surface area contributed by atoms with E-state index in [1.165, 1.54) is 12.2 Å². The predicted molar refractivity (Wildman–Crippen MR) is 85.3 cm³/mol. The highest BCUT2D eigenvalue weighted by atomic mass is 35.5. The van der Waals surface area contributed by atoms with Crippen LogP contribution in [-0.2, 0) is 4.74 Å². The number of nitrogens with one attached hydrogen (secondary N) is 1. The molecule has 110 valence electrons. The predicted octanol–water partition coefficient (Wildman–Crippen LogP) is 3.82. The molecule has 5 heteroatoms. The van der Waals surface area contributed by atoms with E-state index in [1.54, 1.807) is 7.11 Å². The van der Waals surface area contributed by atoms with Gasteiger partial charge in [-0.1, -0.05) is 11.6 Å². The molecule has 0 saturated carbocycles. The molecule has 2 unspecified atom stereocenters. The summed E-state index contributed by atoms with van der Waals surface area (Å²) >= 11 is 8.07. The van der Waals surface area contributed by atoms with Crippen LogP contribution in [0.5, 0.6) is 5.75 Å². The molecule has 0 aromatic heterocycles. The van der Waals surface area contributed by atoms with Gasteiger partial charge < -0.3 is 14.8 Å². The van der Waals surface area contributed by atoms with E-state index in [2.05, 4.69) is 5.32 Å². The summed E-state index contributed by atoms with van der Waals surface area (Å²) < 4.78 is 11.3. The van der Waals surface area contributed by atoms with Crippen molar-refractivity contribution < 1.29 is 9.47 Å². The van der Waals surface area contributed by atoms with Gasteiger partial charge in [-0.15, -0.1) is 0 Å². The Hall–Kier alpha value is -0.580. The third-order valence-corrected chi connectivity index (χ3v) is 5.62. The molecule has 0 amide bonds. The zero-order chi connectivity index (χ0) is 14.0. The first kappa shape index (κ1) is 14.4. The van der Waals surface area contributed by atoms with Gasteiger partial charge in [-0.05, 0) is 37.1 Å². The molecule has 3 nitrogen and oxygen atoms in total. The number of hydrogen-bond donors (Lipinski definition) is 1. The molecule has 0 aliphatic carbocycles. The van der Waals surface area contributed by atoms with Crippen LogP contribution in [0.1, 0.15) is 19.3 Å². The zero-order valence-electron chi connectivity index (χ0n) is 11.7. The molecule has 0 bridgehead atoms. The average Bonchev–Trinajstić information content (AvgIpc) is 2.89. The number of rotatable bonds is 3. The summed E-state index contributed by atoms with van der Waals surface area (Å²) in [4.78, 5) is 0. The molecule has 2 fully saturated rings. The molecule has 2 aliphatic rings. The maximum atomic E-state index is 6.06. The van der Waals surface area contributed by atoms with Crippen LogP contribution in [0.4, 0.5) is 5.69 Å². The Kier molecular flexibility index (Phi) is 4.34. The van der Waals surface area contributed by atoms with Crippen LogP contribution in [0.25, 0.3) is 0 Å². The summed E-state index contributed by atoms with van der Waals surface area (Å²) in [7, 11) is 1.64. The lowest BCUT2D eigenvalue weighted by atomic mass is 9.90. The number of ether oxygens (including phenoxy) is 2. The quantitative estimate of drug-likeness (QED) is 0.919. The van der Waals surface area contributed by atoms with Crippen molar-refractivity contribution in [3.05, 3.63) is 23.2 Å². The minimum absolute atomic E-state index is 0.108. The van der Waals surface area contributed by atoms with Crippen molar-refractivity contribution in [2.75, 3.05) is 30.5 Å². The van der Waals surface area contributed by atoms with E-state index in [1.807, 2.05) is 30.0 Å². The SMILES string of the molecule is COc1cc(NC2CCOC3(CCSC3)C2)ccc1Cl. The Morgan fingerprint density at radius 1 is 1.50 bits per heavy atom. The summed E-state index contributed by atoms with van der Waals surface area (Å²) in [6, 6.07) is 6.32. The first-order valence-corrected chi connectivity index (χ1v) is 8.56. The first-order chi connectivity index (χ1) is 9.71. The van der Waals surface area contributed by atoms with Gasteiger partial charge in [0.1, 0.15) is 5.75 Å². The number of anilines is 1. The molecule has 20 heavy (non-hydrogen) atoms. The third-order valence-electron chi connectivity index (χ3n) is 4.08. The molecule has 1 aromatic rings. The highest BCUT2D eigenvalue weighted by molar-refractivity contribution is 7.99. The molecule has 0 radical (unpaired) electrons.